The Morgan fingerprint density at radius 3 is 2.46 bits per heavy atom. The average Bonchev–Trinajstić information content (AvgIpc) is 2.03. The highest BCUT2D eigenvalue weighted by molar-refractivity contribution is 5.76. The van der Waals surface area contributed by atoms with Gasteiger partial charge in [0.15, 0.2) is 0 Å². The summed E-state index contributed by atoms with van der Waals surface area (Å²) < 4.78 is 0. The molecule has 2 atom stereocenters. The first kappa shape index (κ1) is 10.0. The lowest BCUT2D eigenvalue weighted by Gasteiger charge is -2.28. The Morgan fingerprint density at radius 1 is 1.31 bits per heavy atom. The lowest BCUT2D eigenvalue weighted by Crippen LogP contribution is -2.44. The van der Waals surface area contributed by atoms with Gasteiger partial charge in [0.1, 0.15) is 0 Å². The molecule has 1 aliphatic rings. The number of carbonyl (C=O) groups excluding carboxylic acids is 1. The van der Waals surface area contributed by atoms with E-state index in [1.165, 1.54) is 6.92 Å². The number of hydrogen-bond acceptors (Lipinski definition) is 2. The van der Waals surface area contributed by atoms with E-state index in [-0.39, 0.29) is 11.9 Å². The quantitative estimate of drug-likeness (QED) is 0.667. The molecule has 0 bridgehead atoms. The van der Waals surface area contributed by atoms with Gasteiger partial charge in [-0.15, -0.1) is 0 Å². The predicted octanol–water partition coefficient (Wildman–Crippen LogP) is 0.766. The molecule has 0 aromatic rings. The third kappa shape index (κ3) is 2.72. The first-order valence-corrected chi connectivity index (χ1v) is 4.61. The van der Waals surface area contributed by atoms with E-state index in [1.54, 1.807) is 0 Å². The van der Waals surface area contributed by atoms with Crippen LogP contribution in [0.2, 0.25) is 0 Å². The zero-order chi connectivity index (χ0) is 9.84. The van der Waals surface area contributed by atoms with Crippen LogP contribution in [0.15, 0.2) is 0 Å². The van der Waals surface area contributed by atoms with Crippen molar-refractivity contribution in [3.63, 3.8) is 0 Å². The fraction of sp³-hybridized carbons (Fsp3) is 0.778. The van der Waals surface area contributed by atoms with Crippen LogP contribution >= 0.6 is 0 Å². The van der Waals surface area contributed by atoms with E-state index in [4.69, 9.17) is 5.11 Å². The molecule has 2 N–H and O–H groups in total. The van der Waals surface area contributed by atoms with E-state index >= 15 is 0 Å². The molecule has 74 valence electrons. The van der Waals surface area contributed by atoms with Crippen molar-refractivity contribution in [2.24, 2.45) is 5.92 Å². The van der Waals surface area contributed by atoms with Crippen LogP contribution in [0.4, 0.5) is 0 Å². The van der Waals surface area contributed by atoms with Crippen LogP contribution in [0.25, 0.3) is 0 Å². The molecule has 1 rings (SSSR count). The van der Waals surface area contributed by atoms with E-state index in [9.17, 15) is 9.59 Å². The topological polar surface area (TPSA) is 66.4 Å². The highest BCUT2D eigenvalue weighted by Gasteiger charge is 2.30. The average molecular weight is 185 g/mol. The van der Waals surface area contributed by atoms with Crippen molar-refractivity contribution in [3.05, 3.63) is 0 Å². The molecule has 1 saturated carbocycles. The van der Waals surface area contributed by atoms with Gasteiger partial charge in [-0.2, -0.15) is 0 Å². The van der Waals surface area contributed by atoms with Crippen LogP contribution in [0, 0.1) is 5.92 Å². The van der Waals surface area contributed by atoms with Crippen LogP contribution in [0.3, 0.4) is 0 Å². The van der Waals surface area contributed by atoms with Gasteiger partial charge in [-0.25, -0.2) is 0 Å². The summed E-state index contributed by atoms with van der Waals surface area (Å²) in [6.45, 7) is 1.42. The number of hydrogen-bond donors (Lipinski definition) is 2. The minimum atomic E-state index is -0.793. The first-order valence-electron chi connectivity index (χ1n) is 4.61. The third-order valence-electron chi connectivity index (χ3n) is 2.47. The number of nitrogens with one attached hydrogen (secondary N) is 1. The minimum absolute atomic E-state index is 0.141. The van der Waals surface area contributed by atoms with E-state index in [0.29, 0.717) is 6.42 Å². The van der Waals surface area contributed by atoms with Gasteiger partial charge < -0.3 is 10.4 Å². The van der Waals surface area contributed by atoms with E-state index in [0.717, 1.165) is 19.3 Å². The summed E-state index contributed by atoms with van der Waals surface area (Å²) in [5.74, 6) is -1.32. The summed E-state index contributed by atoms with van der Waals surface area (Å²) in [5.41, 5.74) is 0. The Balaban J connectivity index is 2.56. The summed E-state index contributed by atoms with van der Waals surface area (Å²) >= 11 is 0. The van der Waals surface area contributed by atoms with Gasteiger partial charge in [0.2, 0.25) is 5.91 Å². The monoisotopic (exact) mass is 185 g/mol. The molecule has 0 saturated heterocycles. The molecular formula is C9H15NO3. The molecule has 4 nitrogen and oxygen atoms in total. The van der Waals surface area contributed by atoms with Gasteiger partial charge in [-0.1, -0.05) is 12.8 Å². The molecule has 0 aliphatic heterocycles. The second-order valence-corrected chi connectivity index (χ2v) is 3.54. The normalized spacial score (nSPS) is 28.1. The smallest absolute Gasteiger partial charge is 0.308 e. The highest BCUT2D eigenvalue weighted by Crippen LogP contribution is 2.24. The van der Waals surface area contributed by atoms with Gasteiger partial charge >= 0.3 is 5.97 Å². The molecule has 0 aromatic carbocycles. The second-order valence-electron chi connectivity index (χ2n) is 3.54. The Bertz CT molecular complexity index is 215. The molecule has 0 spiro atoms. The maximum absolute atomic E-state index is 10.8. The predicted molar refractivity (Wildman–Crippen MR) is 47.2 cm³/mol. The molecule has 1 amide bonds. The lowest BCUT2D eigenvalue weighted by molar-refractivity contribution is -0.144. The van der Waals surface area contributed by atoms with Gasteiger partial charge in [-0.3, -0.25) is 9.59 Å². The van der Waals surface area contributed by atoms with Gasteiger partial charge in [0, 0.05) is 13.0 Å². The highest BCUT2D eigenvalue weighted by atomic mass is 16.4. The van der Waals surface area contributed by atoms with Crippen LogP contribution in [0.1, 0.15) is 32.6 Å². The zero-order valence-corrected chi connectivity index (χ0v) is 7.75. The molecular weight excluding hydrogens is 170 g/mol. The van der Waals surface area contributed by atoms with Crippen LogP contribution in [-0.4, -0.2) is 23.0 Å². The van der Waals surface area contributed by atoms with E-state index in [1.807, 2.05) is 0 Å². The number of carbonyl (C=O) groups is 2. The molecule has 0 aromatic heterocycles. The second kappa shape index (κ2) is 4.25. The van der Waals surface area contributed by atoms with E-state index < -0.39 is 11.9 Å². The van der Waals surface area contributed by atoms with Crippen LogP contribution in [-0.2, 0) is 9.59 Å². The number of rotatable bonds is 2. The van der Waals surface area contributed by atoms with Crippen molar-refractivity contribution in [1.82, 2.24) is 5.32 Å². The molecule has 13 heavy (non-hydrogen) atoms. The number of carboxylic acids is 1. The molecule has 1 fully saturated rings. The largest absolute Gasteiger partial charge is 0.481 e. The summed E-state index contributed by atoms with van der Waals surface area (Å²) in [4.78, 5) is 21.6. The van der Waals surface area contributed by atoms with Gasteiger partial charge in [0.25, 0.3) is 0 Å². The SMILES string of the molecule is CC(=O)N[C@@H]1CCCC[C@H]1C(=O)O. The fourth-order valence-corrected chi connectivity index (χ4v) is 1.86. The minimum Gasteiger partial charge on any atom is -0.481 e. The molecule has 0 radical (unpaired) electrons. The standard InChI is InChI=1S/C9H15NO3/c1-6(11)10-8-5-3-2-4-7(8)9(12)13/h7-8H,2-5H2,1H3,(H,10,11)(H,12,13)/t7-,8-/m1/s1. The Morgan fingerprint density at radius 2 is 1.92 bits per heavy atom. The fourth-order valence-electron chi connectivity index (χ4n) is 1.86. The number of amides is 1. The van der Waals surface area contributed by atoms with Gasteiger partial charge in [0.05, 0.1) is 5.92 Å². The summed E-state index contributed by atoms with van der Waals surface area (Å²) in [5, 5.41) is 11.6. The van der Waals surface area contributed by atoms with Crippen molar-refractivity contribution in [2.75, 3.05) is 0 Å². The van der Waals surface area contributed by atoms with Crippen LogP contribution < -0.4 is 5.32 Å². The Hall–Kier alpha value is -1.06. The first-order chi connectivity index (χ1) is 6.11. The molecule has 0 unspecified atom stereocenters. The zero-order valence-electron chi connectivity index (χ0n) is 7.75. The Kier molecular flexibility index (Phi) is 3.28. The van der Waals surface area contributed by atoms with Crippen molar-refractivity contribution in [1.29, 1.82) is 0 Å². The maximum atomic E-state index is 10.8. The van der Waals surface area contributed by atoms with Crippen molar-refractivity contribution in [2.45, 2.75) is 38.6 Å². The van der Waals surface area contributed by atoms with Crippen molar-refractivity contribution >= 4 is 11.9 Å². The number of carboxylic acid groups (broad SMARTS) is 1. The van der Waals surface area contributed by atoms with Crippen LogP contribution in [0.5, 0.6) is 0 Å². The van der Waals surface area contributed by atoms with Crippen molar-refractivity contribution in [3.8, 4) is 0 Å². The third-order valence-corrected chi connectivity index (χ3v) is 2.47. The summed E-state index contributed by atoms with van der Waals surface area (Å²) in [6, 6.07) is -0.163. The number of aliphatic carboxylic acids is 1. The van der Waals surface area contributed by atoms with E-state index in [2.05, 4.69) is 5.32 Å². The molecule has 1 aliphatic carbocycles. The molecule has 0 heterocycles. The maximum Gasteiger partial charge on any atom is 0.308 e. The Labute approximate surface area is 77.3 Å². The lowest BCUT2D eigenvalue weighted by atomic mass is 9.84. The summed E-state index contributed by atoms with van der Waals surface area (Å²) in [6.07, 6.45) is 3.43. The van der Waals surface area contributed by atoms with Gasteiger partial charge in [-0.05, 0) is 12.8 Å². The summed E-state index contributed by atoms with van der Waals surface area (Å²) in [7, 11) is 0. The van der Waals surface area contributed by atoms with Crippen molar-refractivity contribution < 1.29 is 14.7 Å². The molecule has 4 heteroatoms.